The Bertz CT molecular complexity index is 1040. The first-order valence-electron chi connectivity index (χ1n) is 8.19. The average molecular weight is 363 g/mol. The molecule has 3 aromatic rings. The number of rotatable bonds is 5. The first-order chi connectivity index (χ1) is 12.9. The highest BCUT2D eigenvalue weighted by molar-refractivity contribution is 5.94. The Morgan fingerprint density at radius 3 is 2.70 bits per heavy atom. The number of aryl methyl sites for hydroxylation is 2. The van der Waals surface area contributed by atoms with Crippen LogP contribution in [-0.4, -0.2) is 17.0 Å². The van der Waals surface area contributed by atoms with Gasteiger partial charge in [-0.25, -0.2) is 5.43 Å². The van der Waals surface area contributed by atoms with Crippen molar-refractivity contribution in [3.8, 4) is 11.3 Å². The summed E-state index contributed by atoms with van der Waals surface area (Å²) in [6.45, 7) is 3.75. The van der Waals surface area contributed by atoms with Gasteiger partial charge in [-0.15, -0.1) is 0 Å². The van der Waals surface area contributed by atoms with Crippen molar-refractivity contribution in [3.05, 3.63) is 87.2 Å². The number of non-ortho nitro benzene ring substituents is 1. The first kappa shape index (κ1) is 18.1. The maximum atomic E-state index is 12.0. The number of hydrogen-bond acceptors (Lipinski definition) is 5. The van der Waals surface area contributed by atoms with Crippen LogP contribution in [0.4, 0.5) is 5.69 Å². The second kappa shape index (κ2) is 7.65. The van der Waals surface area contributed by atoms with Crippen LogP contribution in [0.2, 0.25) is 0 Å². The number of nitrogens with one attached hydrogen (secondary N) is 1. The van der Waals surface area contributed by atoms with Crippen molar-refractivity contribution in [2.45, 2.75) is 13.8 Å². The van der Waals surface area contributed by atoms with E-state index in [4.69, 9.17) is 4.42 Å². The molecule has 1 heterocycles. The van der Waals surface area contributed by atoms with Crippen LogP contribution in [0.15, 0.2) is 64.1 Å². The molecule has 0 unspecified atom stereocenters. The van der Waals surface area contributed by atoms with Crippen LogP contribution in [0.5, 0.6) is 0 Å². The number of nitrogens with zero attached hydrogens (tertiary/aromatic N) is 2. The van der Waals surface area contributed by atoms with E-state index in [9.17, 15) is 14.9 Å². The van der Waals surface area contributed by atoms with Crippen molar-refractivity contribution < 1.29 is 14.1 Å². The third kappa shape index (κ3) is 4.27. The van der Waals surface area contributed by atoms with Crippen LogP contribution in [0.25, 0.3) is 11.3 Å². The van der Waals surface area contributed by atoms with Gasteiger partial charge in [-0.05, 0) is 43.7 Å². The summed E-state index contributed by atoms with van der Waals surface area (Å²) in [7, 11) is 0. The van der Waals surface area contributed by atoms with Crippen molar-refractivity contribution in [1.82, 2.24) is 5.43 Å². The third-order valence-corrected chi connectivity index (χ3v) is 3.96. The molecular formula is C20H17N3O4. The molecule has 1 N–H and O–H groups in total. The number of amides is 1. The van der Waals surface area contributed by atoms with Crippen molar-refractivity contribution >= 4 is 17.8 Å². The molecule has 3 rings (SSSR count). The predicted octanol–water partition coefficient (Wildman–Crippen LogP) is 4.24. The van der Waals surface area contributed by atoms with Crippen LogP contribution in [0.1, 0.15) is 27.2 Å². The van der Waals surface area contributed by atoms with Gasteiger partial charge in [0.05, 0.1) is 11.1 Å². The zero-order valence-corrected chi connectivity index (χ0v) is 14.8. The number of benzene rings is 2. The van der Waals surface area contributed by atoms with E-state index in [1.807, 2.05) is 19.9 Å². The summed E-state index contributed by atoms with van der Waals surface area (Å²) in [5, 5.41) is 14.9. The van der Waals surface area contributed by atoms with Crippen molar-refractivity contribution in [1.29, 1.82) is 0 Å². The van der Waals surface area contributed by atoms with Crippen LogP contribution >= 0.6 is 0 Å². The highest BCUT2D eigenvalue weighted by Crippen LogP contribution is 2.28. The maximum Gasteiger partial charge on any atom is 0.271 e. The fourth-order valence-corrected chi connectivity index (χ4v) is 2.56. The van der Waals surface area contributed by atoms with E-state index < -0.39 is 4.92 Å². The van der Waals surface area contributed by atoms with E-state index in [0.717, 1.165) is 11.1 Å². The first-order valence-corrected chi connectivity index (χ1v) is 8.19. The molecule has 1 aromatic heterocycles. The van der Waals surface area contributed by atoms with E-state index in [-0.39, 0.29) is 11.6 Å². The van der Waals surface area contributed by atoms with Crippen LogP contribution in [0.3, 0.4) is 0 Å². The lowest BCUT2D eigenvalue weighted by Gasteiger charge is -2.02. The lowest BCUT2D eigenvalue weighted by molar-refractivity contribution is -0.384. The molecule has 0 atom stereocenters. The summed E-state index contributed by atoms with van der Waals surface area (Å²) in [4.78, 5) is 22.5. The highest BCUT2D eigenvalue weighted by atomic mass is 16.6. The van der Waals surface area contributed by atoms with Crippen molar-refractivity contribution in [2.24, 2.45) is 5.10 Å². The second-order valence-electron chi connectivity index (χ2n) is 6.03. The number of carbonyl (C=O) groups is 1. The smallest absolute Gasteiger partial charge is 0.271 e. The number of carbonyl (C=O) groups excluding carboxylic acids is 1. The van der Waals surface area contributed by atoms with Crippen LogP contribution in [0, 0.1) is 24.0 Å². The van der Waals surface area contributed by atoms with Gasteiger partial charge in [0, 0.05) is 23.3 Å². The van der Waals surface area contributed by atoms with E-state index in [2.05, 4.69) is 10.5 Å². The predicted molar refractivity (Wildman–Crippen MR) is 102 cm³/mol. The minimum absolute atomic E-state index is 0.00682. The molecule has 0 saturated heterocycles. The molecule has 1 amide bonds. The van der Waals surface area contributed by atoms with Gasteiger partial charge in [-0.1, -0.05) is 23.8 Å². The number of hydrogen-bond donors (Lipinski definition) is 1. The Balaban J connectivity index is 1.73. The molecule has 7 heteroatoms. The molecule has 0 bridgehead atoms. The Morgan fingerprint density at radius 2 is 1.96 bits per heavy atom. The molecule has 0 fully saturated rings. The summed E-state index contributed by atoms with van der Waals surface area (Å²) in [5.74, 6) is 0.583. The highest BCUT2D eigenvalue weighted by Gasteiger charge is 2.13. The molecule has 0 radical (unpaired) electrons. The summed E-state index contributed by atoms with van der Waals surface area (Å²) >= 11 is 0. The molecular weight excluding hydrogens is 346 g/mol. The minimum atomic E-state index is -0.449. The van der Waals surface area contributed by atoms with Gasteiger partial charge in [0.2, 0.25) is 0 Å². The van der Waals surface area contributed by atoms with E-state index in [1.165, 1.54) is 18.3 Å². The number of nitro benzene ring substituents is 1. The van der Waals surface area contributed by atoms with Gasteiger partial charge < -0.3 is 4.42 Å². The fourth-order valence-electron chi connectivity index (χ4n) is 2.56. The summed E-state index contributed by atoms with van der Waals surface area (Å²) < 4.78 is 5.67. The molecule has 0 spiro atoms. The quantitative estimate of drug-likeness (QED) is 0.416. The topological polar surface area (TPSA) is 97.7 Å². The van der Waals surface area contributed by atoms with E-state index in [1.54, 1.807) is 36.4 Å². The van der Waals surface area contributed by atoms with Crippen LogP contribution in [-0.2, 0) is 0 Å². The third-order valence-electron chi connectivity index (χ3n) is 3.96. The zero-order chi connectivity index (χ0) is 19.4. The van der Waals surface area contributed by atoms with Gasteiger partial charge in [0.25, 0.3) is 11.6 Å². The number of hydrazone groups is 1. The van der Waals surface area contributed by atoms with Crippen molar-refractivity contribution in [3.63, 3.8) is 0 Å². The maximum absolute atomic E-state index is 12.0. The van der Waals surface area contributed by atoms with Gasteiger partial charge in [-0.2, -0.15) is 5.10 Å². The van der Waals surface area contributed by atoms with Gasteiger partial charge in [0.15, 0.2) is 0 Å². The van der Waals surface area contributed by atoms with Crippen LogP contribution < -0.4 is 5.43 Å². The summed E-state index contributed by atoms with van der Waals surface area (Å²) in [6, 6.07) is 15.1. The number of nitro groups is 1. The van der Waals surface area contributed by atoms with E-state index >= 15 is 0 Å². The summed E-state index contributed by atoms with van der Waals surface area (Å²) in [5.41, 5.74) is 5.41. The average Bonchev–Trinajstić information content (AvgIpc) is 3.10. The lowest BCUT2D eigenvalue weighted by Crippen LogP contribution is -2.17. The van der Waals surface area contributed by atoms with E-state index in [0.29, 0.717) is 22.6 Å². The molecule has 27 heavy (non-hydrogen) atoms. The standard InChI is InChI=1S/C20H17N3O4/c1-13-4-3-5-15(10-13)20(24)22-21-12-17-8-9-19(27-17)18-11-16(23(25)26)7-6-14(18)2/h3-12H,1-2H3,(H,22,24)/b21-12+. The van der Waals surface area contributed by atoms with Gasteiger partial charge in [-0.3, -0.25) is 14.9 Å². The Kier molecular flexibility index (Phi) is 5.12. The zero-order valence-electron chi connectivity index (χ0n) is 14.8. The Hall–Kier alpha value is -3.74. The molecule has 0 aliphatic carbocycles. The van der Waals surface area contributed by atoms with Gasteiger partial charge in [0.1, 0.15) is 11.5 Å². The summed E-state index contributed by atoms with van der Waals surface area (Å²) in [6.07, 6.45) is 1.38. The largest absolute Gasteiger partial charge is 0.455 e. The van der Waals surface area contributed by atoms with Crippen molar-refractivity contribution in [2.75, 3.05) is 0 Å². The SMILES string of the molecule is Cc1cccc(C(=O)N/N=C/c2ccc(-c3cc([N+](=O)[O-])ccc3C)o2)c1. The molecule has 0 aliphatic heterocycles. The lowest BCUT2D eigenvalue weighted by atomic mass is 10.1. The monoisotopic (exact) mass is 363 g/mol. The molecule has 0 aliphatic rings. The minimum Gasteiger partial charge on any atom is -0.455 e. The molecule has 2 aromatic carbocycles. The second-order valence-corrected chi connectivity index (χ2v) is 6.03. The molecule has 0 saturated carbocycles. The van der Waals surface area contributed by atoms with Gasteiger partial charge >= 0.3 is 0 Å². The molecule has 7 nitrogen and oxygen atoms in total. The fraction of sp³-hybridized carbons (Fsp3) is 0.100. The normalized spacial score (nSPS) is 10.9. The Labute approximate surface area is 155 Å². The number of furan rings is 1. The Morgan fingerprint density at radius 1 is 1.15 bits per heavy atom. The molecule has 136 valence electrons.